The minimum atomic E-state index is -4.34. The summed E-state index contributed by atoms with van der Waals surface area (Å²) in [5, 5.41) is 0. The number of rotatable bonds is 3. The zero-order valence-corrected chi connectivity index (χ0v) is 14.2. The highest BCUT2D eigenvalue weighted by Crippen LogP contribution is 2.87. The molecule has 3 nitrogen and oxygen atoms in total. The molecule has 6 heteroatoms. The summed E-state index contributed by atoms with van der Waals surface area (Å²) in [6, 6.07) is 4.81. The zero-order valence-electron chi connectivity index (χ0n) is 14.2. The van der Waals surface area contributed by atoms with Crippen LogP contribution >= 0.6 is 0 Å². The van der Waals surface area contributed by atoms with Gasteiger partial charge in [0, 0.05) is 0 Å². The van der Waals surface area contributed by atoms with Crippen molar-refractivity contribution in [2.45, 2.75) is 31.9 Å². The predicted molar refractivity (Wildman–Crippen MR) is 88.5 cm³/mol. The lowest BCUT2D eigenvalue weighted by atomic mass is 9.59. The van der Waals surface area contributed by atoms with Crippen LogP contribution in [-0.4, -0.2) is 5.91 Å². The van der Waals surface area contributed by atoms with Crippen molar-refractivity contribution < 1.29 is 18.0 Å². The van der Waals surface area contributed by atoms with Gasteiger partial charge in [-0.05, 0) is 91.4 Å². The number of hydrogen-bond donors (Lipinski definition) is 2. The summed E-state index contributed by atoms with van der Waals surface area (Å²) in [5.41, 5.74) is 5.35. The zero-order chi connectivity index (χ0) is 17.8. The van der Waals surface area contributed by atoms with E-state index in [1.54, 1.807) is 0 Å². The van der Waals surface area contributed by atoms with Crippen molar-refractivity contribution in [3.63, 3.8) is 0 Å². The summed E-state index contributed by atoms with van der Waals surface area (Å²) in [5.74, 6) is 4.78. The summed E-state index contributed by atoms with van der Waals surface area (Å²) in [6.45, 7) is 0. The number of nitrogens with one attached hydrogen (secondary N) is 2. The number of alkyl halides is 3. The van der Waals surface area contributed by atoms with E-state index in [0.29, 0.717) is 23.4 Å². The summed E-state index contributed by atoms with van der Waals surface area (Å²) >= 11 is 0. The largest absolute Gasteiger partial charge is 0.416 e. The van der Waals surface area contributed by atoms with Crippen LogP contribution in [-0.2, 0) is 11.0 Å². The van der Waals surface area contributed by atoms with E-state index in [4.69, 9.17) is 0 Å². The summed E-state index contributed by atoms with van der Waals surface area (Å²) in [4.78, 5) is 13.3. The molecule has 6 unspecified atom stereocenters. The molecule has 2 N–H and O–H groups in total. The molecule has 1 aromatic carbocycles. The molecule has 6 aliphatic carbocycles. The average molecular weight is 362 g/mol. The number of hydrogen-bond acceptors (Lipinski definition) is 2. The van der Waals surface area contributed by atoms with Crippen molar-refractivity contribution in [3.05, 3.63) is 29.8 Å². The van der Waals surface area contributed by atoms with E-state index in [9.17, 15) is 18.0 Å². The van der Waals surface area contributed by atoms with Gasteiger partial charge >= 0.3 is 6.18 Å². The van der Waals surface area contributed by atoms with E-state index < -0.39 is 11.7 Å². The van der Waals surface area contributed by atoms with Crippen molar-refractivity contribution in [3.8, 4) is 0 Å². The van der Waals surface area contributed by atoms with Crippen LogP contribution in [0.15, 0.2) is 24.3 Å². The van der Waals surface area contributed by atoms with Crippen LogP contribution in [0.4, 0.5) is 18.9 Å². The molecule has 8 bridgehead atoms. The fraction of sp³-hybridized carbons (Fsp3) is 0.650. The molecule has 7 rings (SSSR count). The molecule has 6 saturated carbocycles. The molecule has 1 aromatic rings. The first-order chi connectivity index (χ1) is 12.4. The maximum atomic E-state index is 13.3. The molecule has 26 heavy (non-hydrogen) atoms. The molecule has 6 fully saturated rings. The van der Waals surface area contributed by atoms with Crippen molar-refractivity contribution in [2.24, 2.45) is 46.8 Å². The lowest BCUT2D eigenvalue weighted by Crippen LogP contribution is -2.53. The van der Waals surface area contributed by atoms with Gasteiger partial charge in [-0.15, -0.1) is 0 Å². The van der Waals surface area contributed by atoms with Crippen molar-refractivity contribution >= 4 is 11.6 Å². The van der Waals surface area contributed by atoms with Gasteiger partial charge in [0.05, 0.1) is 16.7 Å². The van der Waals surface area contributed by atoms with Gasteiger partial charge in [-0.2, -0.15) is 13.2 Å². The highest BCUT2D eigenvalue weighted by molar-refractivity contribution is 5.87. The Balaban J connectivity index is 1.22. The first-order valence-electron chi connectivity index (χ1n) is 9.67. The van der Waals surface area contributed by atoms with Crippen LogP contribution in [0, 0.1) is 46.8 Å². The SMILES string of the molecule is O=C(NNc1ccc(C(F)(F)F)cc1)C12C3CCC4C3C3C(CCC31)C42. The van der Waals surface area contributed by atoms with Gasteiger partial charge in [-0.3, -0.25) is 15.6 Å². The van der Waals surface area contributed by atoms with Crippen molar-refractivity contribution in [1.29, 1.82) is 0 Å². The molecular weight excluding hydrogens is 341 g/mol. The quantitative estimate of drug-likeness (QED) is 0.796. The maximum Gasteiger partial charge on any atom is 0.416 e. The van der Waals surface area contributed by atoms with E-state index in [2.05, 4.69) is 10.9 Å². The molecule has 0 spiro atoms. The maximum absolute atomic E-state index is 13.3. The highest BCUT2D eigenvalue weighted by atomic mass is 19.4. The number of amides is 1. The molecule has 6 atom stereocenters. The number of halogens is 3. The van der Waals surface area contributed by atoms with Crippen molar-refractivity contribution in [1.82, 2.24) is 5.43 Å². The molecule has 138 valence electrons. The van der Waals surface area contributed by atoms with E-state index in [1.807, 2.05) is 0 Å². The van der Waals surface area contributed by atoms with Gasteiger partial charge in [-0.1, -0.05) is 0 Å². The Kier molecular flexibility index (Phi) is 2.70. The standard InChI is InChI=1S/C20H21F3N2O/c21-20(22,23)9-1-3-10(4-2-9)24-25-18(26)19-13-7-5-11-15(13)16-12(17(11)19)6-8-14(16)19/h1-4,11-17,24H,5-8H2,(H,25,26). The Morgan fingerprint density at radius 3 is 2.08 bits per heavy atom. The fourth-order valence-electron chi connectivity index (χ4n) is 8.43. The third-order valence-electron chi connectivity index (χ3n) is 8.61. The number of anilines is 1. The van der Waals surface area contributed by atoms with Crippen LogP contribution in [0.25, 0.3) is 0 Å². The normalized spacial score (nSPS) is 46.3. The summed E-state index contributed by atoms with van der Waals surface area (Å²) in [6.07, 6.45) is 0.601. The topological polar surface area (TPSA) is 41.1 Å². The molecule has 0 saturated heterocycles. The smallest absolute Gasteiger partial charge is 0.299 e. The highest BCUT2D eigenvalue weighted by Gasteiger charge is 2.86. The third-order valence-corrected chi connectivity index (χ3v) is 8.61. The molecule has 0 radical (unpaired) electrons. The number of carbonyl (C=O) groups excluding carboxylic acids is 1. The van der Waals surface area contributed by atoms with Crippen molar-refractivity contribution in [2.75, 3.05) is 5.43 Å². The monoisotopic (exact) mass is 362 g/mol. The van der Waals surface area contributed by atoms with Gasteiger partial charge in [-0.25, -0.2) is 0 Å². The van der Waals surface area contributed by atoms with Gasteiger partial charge in [0.1, 0.15) is 0 Å². The Labute approximate surface area is 149 Å². The first kappa shape index (κ1) is 15.3. The molecule has 0 aliphatic heterocycles. The predicted octanol–water partition coefficient (Wildman–Crippen LogP) is 4.08. The molecule has 0 heterocycles. The van der Waals surface area contributed by atoms with Gasteiger partial charge < -0.3 is 0 Å². The Bertz CT molecular complexity index is 763. The second kappa shape index (κ2) is 4.57. The van der Waals surface area contributed by atoms with Crippen LogP contribution < -0.4 is 10.9 Å². The van der Waals surface area contributed by atoms with E-state index >= 15 is 0 Å². The molecule has 1 amide bonds. The number of carbonyl (C=O) groups is 1. The van der Waals surface area contributed by atoms with Crippen LogP contribution in [0.3, 0.4) is 0 Å². The second-order valence-electron chi connectivity index (χ2n) is 8.96. The van der Waals surface area contributed by atoms with Gasteiger partial charge in [0.2, 0.25) is 5.91 Å². The lowest BCUT2D eigenvalue weighted by Gasteiger charge is -2.45. The molecule has 0 aromatic heterocycles. The molecule has 6 aliphatic rings. The van der Waals surface area contributed by atoms with E-state index in [0.717, 1.165) is 35.8 Å². The fourth-order valence-corrected chi connectivity index (χ4v) is 8.43. The van der Waals surface area contributed by atoms with E-state index in [-0.39, 0.29) is 11.3 Å². The molecular formula is C20H21F3N2O. The van der Waals surface area contributed by atoms with Crippen LogP contribution in [0.2, 0.25) is 0 Å². The second-order valence-corrected chi connectivity index (χ2v) is 8.96. The Morgan fingerprint density at radius 1 is 0.962 bits per heavy atom. The summed E-state index contributed by atoms with van der Waals surface area (Å²) < 4.78 is 38.0. The number of benzene rings is 1. The summed E-state index contributed by atoms with van der Waals surface area (Å²) in [7, 11) is 0. The van der Waals surface area contributed by atoms with Gasteiger partial charge in [0.25, 0.3) is 0 Å². The van der Waals surface area contributed by atoms with Gasteiger partial charge in [0.15, 0.2) is 0 Å². The van der Waals surface area contributed by atoms with E-state index in [1.165, 1.54) is 37.8 Å². The minimum Gasteiger partial charge on any atom is -0.299 e. The first-order valence-corrected chi connectivity index (χ1v) is 9.67. The Hall–Kier alpha value is -1.72. The minimum absolute atomic E-state index is 0.0919. The third kappa shape index (κ3) is 1.53. The lowest BCUT2D eigenvalue weighted by molar-refractivity contribution is -0.141. The Morgan fingerprint density at radius 2 is 1.54 bits per heavy atom. The van der Waals surface area contributed by atoms with Crippen LogP contribution in [0.5, 0.6) is 0 Å². The average Bonchev–Trinajstić information content (AvgIpc) is 3.39. The van der Waals surface area contributed by atoms with Crippen LogP contribution in [0.1, 0.15) is 31.2 Å². The number of hydrazine groups is 1.